The van der Waals surface area contributed by atoms with E-state index in [-0.39, 0.29) is 12.4 Å². The number of benzene rings is 2. The minimum absolute atomic E-state index is 0.199. The summed E-state index contributed by atoms with van der Waals surface area (Å²) in [5.74, 6) is 0.389. The maximum Gasteiger partial charge on any atom is 0.276 e. The van der Waals surface area contributed by atoms with Crippen LogP contribution in [0, 0.1) is 13.8 Å². The third-order valence-electron chi connectivity index (χ3n) is 3.77. The van der Waals surface area contributed by atoms with Crippen molar-refractivity contribution in [1.82, 2.24) is 9.78 Å². The standard InChI is InChI=1S/C19H17Cl2N3O2/c1-12-6-7-13(2)17(10-12)26-11-24-9-8-16(23-24)19(25)22-18-14(20)4-3-5-15(18)21/h3-10H,11H2,1-2H3,(H,22,25). The number of aryl methyl sites for hydroxylation is 2. The summed E-state index contributed by atoms with van der Waals surface area (Å²) in [6.07, 6.45) is 1.67. The third-order valence-corrected chi connectivity index (χ3v) is 4.40. The first-order chi connectivity index (χ1) is 12.4. The molecular weight excluding hydrogens is 373 g/mol. The van der Waals surface area contributed by atoms with E-state index in [0.717, 1.165) is 16.9 Å². The lowest BCUT2D eigenvalue weighted by Gasteiger charge is -2.10. The largest absolute Gasteiger partial charge is 0.471 e. The van der Waals surface area contributed by atoms with Gasteiger partial charge in [-0.15, -0.1) is 0 Å². The number of para-hydroxylation sites is 1. The van der Waals surface area contributed by atoms with Gasteiger partial charge >= 0.3 is 0 Å². The monoisotopic (exact) mass is 389 g/mol. The molecule has 0 radical (unpaired) electrons. The van der Waals surface area contributed by atoms with Crippen LogP contribution >= 0.6 is 23.2 Å². The molecule has 0 saturated heterocycles. The molecule has 1 amide bonds. The number of hydrogen-bond acceptors (Lipinski definition) is 3. The fraction of sp³-hybridized carbons (Fsp3) is 0.158. The molecule has 3 aromatic rings. The summed E-state index contributed by atoms with van der Waals surface area (Å²) in [6.45, 7) is 4.18. The van der Waals surface area contributed by atoms with Crippen molar-refractivity contribution < 1.29 is 9.53 Å². The Labute approximate surface area is 161 Å². The zero-order chi connectivity index (χ0) is 18.7. The van der Waals surface area contributed by atoms with Gasteiger partial charge in [-0.3, -0.25) is 4.79 Å². The van der Waals surface area contributed by atoms with Gasteiger partial charge in [0.05, 0.1) is 15.7 Å². The molecule has 2 aromatic carbocycles. The van der Waals surface area contributed by atoms with E-state index in [1.807, 2.05) is 32.0 Å². The quantitative estimate of drug-likeness (QED) is 0.660. The topological polar surface area (TPSA) is 56.1 Å². The average Bonchev–Trinajstić information content (AvgIpc) is 3.08. The number of carbonyl (C=O) groups excluding carboxylic acids is 1. The number of hydrogen-bond donors (Lipinski definition) is 1. The molecule has 3 rings (SSSR count). The van der Waals surface area contributed by atoms with Crippen LogP contribution in [0.1, 0.15) is 21.6 Å². The maximum absolute atomic E-state index is 12.4. The smallest absolute Gasteiger partial charge is 0.276 e. The zero-order valence-corrected chi connectivity index (χ0v) is 15.8. The average molecular weight is 390 g/mol. The first kappa shape index (κ1) is 18.3. The second-order valence-corrected chi connectivity index (χ2v) is 6.65. The van der Waals surface area contributed by atoms with Crippen LogP contribution in [0.15, 0.2) is 48.7 Å². The van der Waals surface area contributed by atoms with Crippen LogP contribution < -0.4 is 10.1 Å². The lowest BCUT2D eigenvalue weighted by Crippen LogP contribution is -2.15. The highest BCUT2D eigenvalue weighted by atomic mass is 35.5. The zero-order valence-electron chi connectivity index (χ0n) is 14.3. The Balaban J connectivity index is 1.67. The Kier molecular flexibility index (Phi) is 5.49. The molecule has 1 heterocycles. The number of rotatable bonds is 5. The summed E-state index contributed by atoms with van der Waals surface area (Å²) < 4.78 is 7.33. The molecule has 0 aliphatic rings. The van der Waals surface area contributed by atoms with Crippen molar-refractivity contribution in [1.29, 1.82) is 0 Å². The lowest BCUT2D eigenvalue weighted by molar-refractivity contribution is 0.102. The number of aromatic nitrogens is 2. The second kappa shape index (κ2) is 7.81. The number of nitrogens with one attached hydrogen (secondary N) is 1. The van der Waals surface area contributed by atoms with Crippen LogP contribution in [-0.2, 0) is 6.73 Å². The molecule has 134 valence electrons. The normalized spacial score (nSPS) is 10.6. The fourth-order valence-corrected chi connectivity index (χ4v) is 2.84. The van der Waals surface area contributed by atoms with E-state index in [1.165, 1.54) is 0 Å². The lowest BCUT2D eigenvalue weighted by atomic mass is 10.1. The highest BCUT2D eigenvalue weighted by Crippen LogP contribution is 2.30. The van der Waals surface area contributed by atoms with Gasteiger partial charge in [0.15, 0.2) is 12.4 Å². The predicted octanol–water partition coefficient (Wildman–Crippen LogP) is 5.10. The van der Waals surface area contributed by atoms with Crippen LogP contribution in [0.3, 0.4) is 0 Å². The van der Waals surface area contributed by atoms with Crippen molar-refractivity contribution in [3.8, 4) is 5.75 Å². The van der Waals surface area contributed by atoms with Crippen molar-refractivity contribution in [2.24, 2.45) is 0 Å². The Morgan fingerprint density at radius 3 is 2.62 bits per heavy atom. The maximum atomic E-state index is 12.4. The molecule has 0 spiro atoms. The van der Waals surface area contributed by atoms with Gasteiger partial charge in [-0.2, -0.15) is 5.10 Å². The van der Waals surface area contributed by atoms with Crippen LogP contribution in [0.5, 0.6) is 5.75 Å². The van der Waals surface area contributed by atoms with Crippen LogP contribution in [0.4, 0.5) is 5.69 Å². The van der Waals surface area contributed by atoms with Gasteiger partial charge in [0, 0.05) is 6.20 Å². The summed E-state index contributed by atoms with van der Waals surface area (Å²) in [5.41, 5.74) is 2.75. The minimum atomic E-state index is -0.398. The van der Waals surface area contributed by atoms with Crippen LogP contribution in [-0.4, -0.2) is 15.7 Å². The summed E-state index contributed by atoms with van der Waals surface area (Å²) >= 11 is 12.1. The molecule has 0 aliphatic carbocycles. The molecular formula is C19H17Cl2N3O2. The number of carbonyl (C=O) groups is 1. The van der Waals surface area contributed by atoms with Gasteiger partial charge in [-0.25, -0.2) is 4.68 Å². The van der Waals surface area contributed by atoms with E-state index < -0.39 is 5.91 Å². The summed E-state index contributed by atoms with van der Waals surface area (Å²) in [6, 6.07) is 12.6. The van der Waals surface area contributed by atoms with Crippen molar-refractivity contribution in [2.75, 3.05) is 5.32 Å². The van der Waals surface area contributed by atoms with E-state index >= 15 is 0 Å². The van der Waals surface area contributed by atoms with Crippen LogP contribution in [0.25, 0.3) is 0 Å². The SMILES string of the molecule is Cc1ccc(C)c(OCn2ccc(C(=O)Nc3c(Cl)cccc3Cl)n2)c1. The fourth-order valence-electron chi connectivity index (χ4n) is 2.35. The van der Waals surface area contributed by atoms with Crippen molar-refractivity contribution >= 4 is 34.8 Å². The Morgan fingerprint density at radius 1 is 1.15 bits per heavy atom. The number of halogens is 2. The molecule has 26 heavy (non-hydrogen) atoms. The molecule has 0 bridgehead atoms. The molecule has 0 fully saturated rings. The molecule has 1 N–H and O–H groups in total. The van der Waals surface area contributed by atoms with E-state index in [2.05, 4.69) is 10.4 Å². The van der Waals surface area contributed by atoms with E-state index in [1.54, 1.807) is 35.1 Å². The van der Waals surface area contributed by atoms with E-state index in [0.29, 0.717) is 15.7 Å². The third kappa shape index (κ3) is 4.18. The first-order valence-electron chi connectivity index (χ1n) is 7.93. The number of ether oxygens (including phenoxy) is 1. The van der Waals surface area contributed by atoms with Crippen molar-refractivity contribution in [3.05, 3.63) is 75.5 Å². The van der Waals surface area contributed by atoms with Gasteiger partial charge in [0.25, 0.3) is 5.91 Å². The van der Waals surface area contributed by atoms with Gasteiger partial charge in [0.1, 0.15) is 5.75 Å². The Hall–Kier alpha value is -2.50. The van der Waals surface area contributed by atoms with Crippen LogP contribution in [0.2, 0.25) is 10.0 Å². The van der Waals surface area contributed by atoms with Gasteiger partial charge in [0.2, 0.25) is 0 Å². The molecule has 0 aliphatic heterocycles. The Bertz CT molecular complexity index is 933. The van der Waals surface area contributed by atoms with Crippen molar-refractivity contribution in [3.63, 3.8) is 0 Å². The molecule has 0 unspecified atom stereocenters. The number of amides is 1. The van der Waals surface area contributed by atoms with Gasteiger partial charge in [-0.05, 0) is 49.2 Å². The summed E-state index contributed by atoms with van der Waals surface area (Å²) in [4.78, 5) is 12.4. The molecule has 7 heteroatoms. The van der Waals surface area contributed by atoms with E-state index in [9.17, 15) is 4.79 Å². The highest BCUT2D eigenvalue weighted by molar-refractivity contribution is 6.39. The van der Waals surface area contributed by atoms with Gasteiger partial charge < -0.3 is 10.1 Å². The molecule has 1 aromatic heterocycles. The second-order valence-electron chi connectivity index (χ2n) is 5.83. The van der Waals surface area contributed by atoms with Gasteiger partial charge in [-0.1, -0.05) is 41.4 Å². The molecule has 0 atom stereocenters. The molecule has 5 nitrogen and oxygen atoms in total. The van der Waals surface area contributed by atoms with Crippen molar-refractivity contribution in [2.45, 2.75) is 20.6 Å². The number of anilines is 1. The molecule has 0 saturated carbocycles. The summed E-state index contributed by atoms with van der Waals surface area (Å²) in [7, 11) is 0. The minimum Gasteiger partial charge on any atom is -0.471 e. The number of nitrogens with zero attached hydrogens (tertiary/aromatic N) is 2. The Morgan fingerprint density at radius 2 is 1.88 bits per heavy atom. The van der Waals surface area contributed by atoms with E-state index in [4.69, 9.17) is 27.9 Å². The first-order valence-corrected chi connectivity index (χ1v) is 8.68. The summed E-state index contributed by atoms with van der Waals surface area (Å²) in [5, 5.41) is 7.63. The predicted molar refractivity (Wildman–Crippen MR) is 103 cm³/mol. The highest BCUT2D eigenvalue weighted by Gasteiger charge is 2.14.